The van der Waals surface area contributed by atoms with Crippen molar-refractivity contribution in [1.82, 2.24) is 0 Å². The van der Waals surface area contributed by atoms with Crippen LogP contribution in [0.4, 0.5) is 38.1 Å². The fourth-order valence-corrected chi connectivity index (χ4v) is 1.69. The molecule has 2 rings (SSSR count). The Kier molecular flexibility index (Phi) is 4.39. The fraction of sp³-hybridized carbons (Fsp3) is 0.0714. The van der Waals surface area contributed by atoms with Gasteiger partial charge in [0, 0.05) is 17.8 Å². The van der Waals surface area contributed by atoms with E-state index in [1.54, 1.807) is 0 Å². The third-order valence-electron chi connectivity index (χ3n) is 2.75. The maximum absolute atomic E-state index is 13.1. The highest BCUT2D eigenvalue weighted by Gasteiger charge is 2.30. The van der Waals surface area contributed by atoms with Crippen molar-refractivity contribution in [3.05, 3.63) is 53.6 Å². The molecule has 2 amide bonds. The Hall–Kier alpha value is -2.84. The van der Waals surface area contributed by atoms with Crippen LogP contribution in [0.1, 0.15) is 5.56 Å². The Labute approximate surface area is 126 Å². The third-order valence-corrected chi connectivity index (χ3v) is 2.75. The average Bonchev–Trinajstić information content (AvgIpc) is 2.43. The molecule has 122 valence electrons. The highest BCUT2D eigenvalue weighted by molar-refractivity contribution is 6.00. The van der Waals surface area contributed by atoms with Crippen LogP contribution < -0.4 is 10.6 Å². The van der Waals surface area contributed by atoms with E-state index in [1.807, 2.05) is 5.32 Å². The summed E-state index contributed by atoms with van der Waals surface area (Å²) in [6, 6.07) is 3.65. The van der Waals surface area contributed by atoms with Gasteiger partial charge in [-0.3, -0.25) is 0 Å². The predicted molar refractivity (Wildman–Crippen MR) is 72.1 cm³/mol. The average molecular weight is 332 g/mol. The van der Waals surface area contributed by atoms with Gasteiger partial charge in [-0.05, 0) is 24.3 Å². The number of benzene rings is 2. The van der Waals surface area contributed by atoms with Crippen LogP contribution >= 0.6 is 0 Å². The number of anilines is 2. The zero-order chi connectivity index (χ0) is 17.2. The highest BCUT2D eigenvalue weighted by atomic mass is 19.4. The molecule has 0 spiro atoms. The molecule has 0 radical (unpaired) electrons. The number of nitrogens with one attached hydrogen (secondary N) is 2. The lowest BCUT2D eigenvalue weighted by atomic mass is 10.2. The van der Waals surface area contributed by atoms with Gasteiger partial charge in [0.2, 0.25) is 0 Å². The Morgan fingerprint density at radius 2 is 1.61 bits per heavy atom. The fourth-order valence-electron chi connectivity index (χ4n) is 1.69. The molecular formula is C14H9F5N2O2. The summed E-state index contributed by atoms with van der Waals surface area (Å²) in [7, 11) is 0. The lowest BCUT2D eigenvalue weighted by Gasteiger charge is -2.11. The second-order valence-electron chi connectivity index (χ2n) is 4.44. The molecule has 0 saturated carbocycles. The molecule has 0 aliphatic carbocycles. The molecule has 0 aliphatic heterocycles. The number of rotatable bonds is 2. The van der Waals surface area contributed by atoms with Crippen molar-refractivity contribution in [3.63, 3.8) is 0 Å². The van der Waals surface area contributed by atoms with E-state index in [0.29, 0.717) is 12.1 Å². The van der Waals surface area contributed by atoms with E-state index >= 15 is 0 Å². The lowest BCUT2D eigenvalue weighted by Crippen LogP contribution is -2.19. The van der Waals surface area contributed by atoms with E-state index in [1.165, 1.54) is 0 Å². The second kappa shape index (κ2) is 6.11. The number of phenolic OH excluding ortho intramolecular Hbond substituents is 1. The van der Waals surface area contributed by atoms with Crippen molar-refractivity contribution in [2.24, 2.45) is 0 Å². The minimum atomic E-state index is -4.51. The minimum absolute atomic E-state index is 0.0202. The number of hydrogen-bond donors (Lipinski definition) is 3. The monoisotopic (exact) mass is 332 g/mol. The van der Waals surface area contributed by atoms with E-state index < -0.39 is 40.8 Å². The van der Waals surface area contributed by atoms with Gasteiger partial charge >= 0.3 is 12.2 Å². The van der Waals surface area contributed by atoms with Crippen molar-refractivity contribution in [3.8, 4) is 5.75 Å². The standard InChI is InChI=1S/C14H9F5N2O2/c15-8-5-10(16)12(22)11(6-8)21-13(23)20-9-3-1-7(2-4-9)14(17,18)19/h1-6,22H,(H2,20,21,23). The van der Waals surface area contributed by atoms with Gasteiger partial charge < -0.3 is 15.7 Å². The SMILES string of the molecule is O=C(Nc1ccc(C(F)(F)F)cc1)Nc1cc(F)cc(F)c1O. The van der Waals surface area contributed by atoms with Crippen LogP contribution in [-0.2, 0) is 6.18 Å². The first-order valence-electron chi connectivity index (χ1n) is 6.10. The Morgan fingerprint density at radius 1 is 1.00 bits per heavy atom. The van der Waals surface area contributed by atoms with E-state index in [-0.39, 0.29) is 5.69 Å². The summed E-state index contributed by atoms with van der Waals surface area (Å²) < 4.78 is 63.3. The number of carbonyl (C=O) groups excluding carboxylic acids is 1. The van der Waals surface area contributed by atoms with E-state index in [4.69, 9.17) is 0 Å². The summed E-state index contributed by atoms with van der Waals surface area (Å²) >= 11 is 0. The van der Waals surface area contributed by atoms with Gasteiger partial charge in [0.05, 0.1) is 11.3 Å². The number of amides is 2. The largest absolute Gasteiger partial charge is 0.503 e. The van der Waals surface area contributed by atoms with Crippen LogP contribution in [0.2, 0.25) is 0 Å². The first-order chi connectivity index (χ1) is 10.7. The molecule has 0 atom stereocenters. The van der Waals surface area contributed by atoms with Crippen molar-refractivity contribution in [2.45, 2.75) is 6.18 Å². The number of phenols is 1. The number of carbonyl (C=O) groups is 1. The maximum Gasteiger partial charge on any atom is 0.416 e. The van der Waals surface area contributed by atoms with Crippen LogP contribution in [0.25, 0.3) is 0 Å². The molecule has 2 aromatic carbocycles. The topological polar surface area (TPSA) is 61.4 Å². The first kappa shape index (κ1) is 16.5. The third kappa shape index (κ3) is 4.09. The van der Waals surface area contributed by atoms with Crippen molar-refractivity contribution in [1.29, 1.82) is 0 Å². The first-order valence-corrected chi connectivity index (χ1v) is 6.10. The minimum Gasteiger partial charge on any atom is -0.503 e. The summed E-state index contributed by atoms with van der Waals surface area (Å²) in [5.41, 5.74) is -1.40. The summed E-state index contributed by atoms with van der Waals surface area (Å²) in [6.07, 6.45) is -4.51. The number of halogens is 5. The number of hydrogen-bond acceptors (Lipinski definition) is 2. The van der Waals surface area contributed by atoms with Crippen LogP contribution in [0, 0.1) is 11.6 Å². The molecule has 0 unspecified atom stereocenters. The van der Waals surface area contributed by atoms with Gasteiger partial charge in [-0.25, -0.2) is 13.6 Å². The lowest BCUT2D eigenvalue weighted by molar-refractivity contribution is -0.137. The summed E-state index contributed by atoms with van der Waals surface area (Å²) in [5.74, 6) is -3.26. The van der Waals surface area contributed by atoms with Gasteiger partial charge in [0.15, 0.2) is 11.6 Å². The summed E-state index contributed by atoms with van der Waals surface area (Å²) in [6.45, 7) is 0. The summed E-state index contributed by atoms with van der Waals surface area (Å²) in [5, 5.41) is 13.5. The molecule has 4 nitrogen and oxygen atoms in total. The van der Waals surface area contributed by atoms with Crippen molar-refractivity contribution < 1.29 is 31.9 Å². The smallest absolute Gasteiger partial charge is 0.416 e. The molecule has 9 heteroatoms. The molecule has 0 saturated heterocycles. The van der Waals surface area contributed by atoms with Crippen LogP contribution in [0.3, 0.4) is 0 Å². The Bertz CT molecular complexity index is 729. The zero-order valence-electron chi connectivity index (χ0n) is 11.2. The Balaban J connectivity index is 2.08. The van der Waals surface area contributed by atoms with E-state index in [0.717, 1.165) is 24.3 Å². The molecule has 2 aromatic rings. The second-order valence-corrected chi connectivity index (χ2v) is 4.44. The van der Waals surface area contributed by atoms with Gasteiger partial charge in [-0.2, -0.15) is 13.2 Å². The molecule has 0 fully saturated rings. The van der Waals surface area contributed by atoms with Gasteiger partial charge in [-0.1, -0.05) is 0 Å². The molecule has 0 bridgehead atoms. The van der Waals surface area contributed by atoms with E-state index in [2.05, 4.69) is 5.32 Å². The summed E-state index contributed by atoms with van der Waals surface area (Å²) in [4.78, 5) is 11.6. The number of aromatic hydroxyl groups is 1. The van der Waals surface area contributed by atoms with Crippen molar-refractivity contribution >= 4 is 17.4 Å². The highest BCUT2D eigenvalue weighted by Crippen LogP contribution is 2.30. The van der Waals surface area contributed by atoms with Crippen molar-refractivity contribution in [2.75, 3.05) is 10.6 Å². The zero-order valence-corrected chi connectivity index (χ0v) is 11.2. The molecule has 0 aromatic heterocycles. The van der Waals surface area contributed by atoms with E-state index in [9.17, 15) is 31.9 Å². The molecule has 3 N–H and O–H groups in total. The molecule has 0 heterocycles. The van der Waals surface area contributed by atoms with Crippen LogP contribution in [-0.4, -0.2) is 11.1 Å². The van der Waals surface area contributed by atoms with Crippen LogP contribution in [0.15, 0.2) is 36.4 Å². The quantitative estimate of drug-likeness (QED) is 0.566. The normalized spacial score (nSPS) is 11.2. The predicted octanol–water partition coefficient (Wildman–Crippen LogP) is 4.33. The number of urea groups is 1. The molecule has 0 aliphatic rings. The molecule has 23 heavy (non-hydrogen) atoms. The number of alkyl halides is 3. The molecular weight excluding hydrogens is 323 g/mol. The van der Waals surface area contributed by atoms with Crippen LogP contribution in [0.5, 0.6) is 5.75 Å². The van der Waals surface area contributed by atoms with Gasteiger partial charge in [-0.15, -0.1) is 0 Å². The maximum atomic E-state index is 13.1. The van der Waals surface area contributed by atoms with Gasteiger partial charge in [0.25, 0.3) is 0 Å². The van der Waals surface area contributed by atoms with Gasteiger partial charge in [0.1, 0.15) is 5.82 Å². The Morgan fingerprint density at radius 3 is 2.17 bits per heavy atom.